The minimum Gasteiger partial charge on any atom is -0.480 e. The van der Waals surface area contributed by atoms with Crippen molar-refractivity contribution in [1.82, 2.24) is 10.3 Å². The molecule has 7 nitrogen and oxygen atoms in total. The topological polar surface area (TPSA) is 97.8 Å². The van der Waals surface area contributed by atoms with Crippen LogP contribution in [0.4, 0.5) is 0 Å². The van der Waals surface area contributed by atoms with Crippen LogP contribution >= 0.6 is 11.8 Å². The second kappa shape index (κ2) is 7.40. The number of amides is 1. The lowest BCUT2D eigenvalue weighted by molar-refractivity contribution is -0.144. The summed E-state index contributed by atoms with van der Waals surface area (Å²) in [6.45, 7) is 1.17. The molecule has 2 aliphatic heterocycles. The number of nitrogens with zero attached hydrogens (tertiary/aromatic N) is 1. The number of hydrogen-bond donors (Lipinski definition) is 2. The van der Waals surface area contributed by atoms with Crippen molar-refractivity contribution in [2.45, 2.75) is 30.9 Å². The van der Waals surface area contributed by atoms with Gasteiger partial charge in [0.2, 0.25) is 5.88 Å². The highest BCUT2D eigenvalue weighted by atomic mass is 32.2. The van der Waals surface area contributed by atoms with Crippen molar-refractivity contribution in [2.75, 3.05) is 24.7 Å². The zero-order valence-electron chi connectivity index (χ0n) is 13.2. The zero-order valence-corrected chi connectivity index (χ0v) is 14.0. The molecule has 0 saturated carbocycles. The van der Waals surface area contributed by atoms with Crippen LogP contribution in [-0.4, -0.2) is 58.3 Å². The number of aliphatic carboxylic acids is 1. The normalized spacial score (nSPS) is 22.8. The lowest BCUT2D eigenvalue weighted by Crippen LogP contribution is -2.56. The second-order valence-electron chi connectivity index (χ2n) is 5.94. The lowest BCUT2D eigenvalue weighted by atomic mass is 9.92. The van der Waals surface area contributed by atoms with E-state index in [9.17, 15) is 14.7 Å². The number of pyridine rings is 1. The molecule has 2 saturated heterocycles. The van der Waals surface area contributed by atoms with Crippen LogP contribution < -0.4 is 10.1 Å². The zero-order chi connectivity index (χ0) is 17.0. The number of carboxylic acids is 1. The summed E-state index contributed by atoms with van der Waals surface area (Å²) in [6.07, 6.45) is 3.07. The highest BCUT2D eigenvalue weighted by Gasteiger charge is 2.41. The van der Waals surface area contributed by atoms with Crippen LogP contribution in [0.2, 0.25) is 0 Å². The first-order valence-electron chi connectivity index (χ1n) is 7.93. The Labute approximate surface area is 144 Å². The molecule has 1 aromatic heterocycles. The van der Waals surface area contributed by atoms with Gasteiger partial charge in [-0.3, -0.25) is 4.79 Å². The van der Waals surface area contributed by atoms with Crippen molar-refractivity contribution < 1.29 is 24.2 Å². The number of carbonyl (C=O) groups excluding carboxylic acids is 1. The molecule has 1 unspecified atom stereocenters. The van der Waals surface area contributed by atoms with Crippen LogP contribution in [-0.2, 0) is 9.53 Å². The number of aromatic nitrogens is 1. The van der Waals surface area contributed by atoms with Crippen molar-refractivity contribution >= 4 is 23.6 Å². The largest absolute Gasteiger partial charge is 0.480 e. The van der Waals surface area contributed by atoms with Crippen molar-refractivity contribution in [3.63, 3.8) is 0 Å². The molecule has 0 bridgehead atoms. The molecule has 2 fully saturated rings. The molecule has 1 amide bonds. The molecule has 24 heavy (non-hydrogen) atoms. The van der Waals surface area contributed by atoms with E-state index in [0.29, 0.717) is 37.5 Å². The van der Waals surface area contributed by atoms with Crippen LogP contribution in [0.1, 0.15) is 29.6 Å². The number of ether oxygens (including phenoxy) is 2. The monoisotopic (exact) mass is 352 g/mol. The molecule has 3 heterocycles. The van der Waals surface area contributed by atoms with Crippen molar-refractivity contribution in [2.24, 2.45) is 0 Å². The SMILES string of the molecule is O=C(NC1(C(=O)O)CCSCC1)c1ccnc(OC2CCOC2)c1. The van der Waals surface area contributed by atoms with Gasteiger partial charge >= 0.3 is 5.97 Å². The summed E-state index contributed by atoms with van der Waals surface area (Å²) in [4.78, 5) is 28.3. The van der Waals surface area contributed by atoms with E-state index < -0.39 is 17.4 Å². The smallest absolute Gasteiger partial charge is 0.329 e. The molecule has 130 valence electrons. The predicted octanol–water partition coefficient (Wildman–Crippen LogP) is 1.33. The Morgan fingerprint density at radius 2 is 2.21 bits per heavy atom. The highest BCUT2D eigenvalue weighted by Crippen LogP contribution is 2.28. The molecule has 0 aromatic carbocycles. The second-order valence-corrected chi connectivity index (χ2v) is 7.16. The third-order valence-corrected chi connectivity index (χ3v) is 5.27. The van der Waals surface area contributed by atoms with Gasteiger partial charge in [0, 0.05) is 24.2 Å². The van der Waals surface area contributed by atoms with Gasteiger partial charge in [0.1, 0.15) is 11.6 Å². The van der Waals surface area contributed by atoms with Gasteiger partial charge in [-0.25, -0.2) is 9.78 Å². The quantitative estimate of drug-likeness (QED) is 0.825. The summed E-state index contributed by atoms with van der Waals surface area (Å²) in [5.74, 6) is 0.392. The maximum atomic E-state index is 12.5. The minimum atomic E-state index is -1.19. The molecule has 0 spiro atoms. The highest BCUT2D eigenvalue weighted by molar-refractivity contribution is 7.99. The van der Waals surface area contributed by atoms with E-state index in [1.165, 1.54) is 6.20 Å². The number of hydrogen-bond acceptors (Lipinski definition) is 6. The first kappa shape index (κ1) is 17.0. The summed E-state index contributed by atoms with van der Waals surface area (Å²) >= 11 is 1.70. The van der Waals surface area contributed by atoms with Crippen LogP contribution in [0.25, 0.3) is 0 Å². The molecule has 8 heteroatoms. The number of rotatable bonds is 5. The summed E-state index contributed by atoms with van der Waals surface area (Å²) < 4.78 is 10.9. The molecule has 1 aromatic rings. The molecule has 1 atom stereocenters. The summed E-state index contributed by atoms with van der Waals surface area (Å²) in [5.41, 5.74) is -0.843. The van der Waals surface area contributed by atoms with E-state index in [2.05, 4.69) is 10.3 Å². The molecule has 2 aliphatic rings. The Kier molecular flexibility index (Phi) is 5.25. The molecular formula is C16H20N2O5S. The molecule has 0 aliphatic carbocycles. The number of thioether (sulfide) groups is 1. The lowest BCUT2D eigenvalue weighted by Gasteiger charge is -2.33. The van der Waals surface area contributed by atoms with E-state index >= 15 is 0 Å². The van der Waals surface area contributed by atoms with Gasteiger partial charge in [-0.2, -0.15) is 11.8 Å². The fourth-order valence-corrected chi connectivity index (χ4v) is 3.98. The summed E-state index contributed by atoms with van der Waals surface area (Å²) in [7, 11) is 0. The number of nitrogens with one attached hydrogen (secondary N) is 1. The maximum Gasteiger partial charge on any atom is 0.329 e. The van der Waals surface area contributed by atoms with Gasteiger partial charge in [-0.05, 0) is 30.4 Å². The molecule has 3 rings (SSSR count). The Morgan fingerprint density at radius 1 is 1.42 bits per heavy atom. The van der Waals surface area contributed by atoms with Crippen LogP contribution in [0, 0.1) is 0 Å². The van der Waals surface area contributed by atoms with Crippen molar-refractivity contribution in [3.8, 4) is 5.88 Å². The van der Waals surface area contributed by atoms with Crippen LogP contribution in [0.3, 0.4) is 0 Å². The van der Waals surface area contributed by atoms with E-state index in [1.807, 2.05) is 0 Å². The molecule has 2 N–H and O–H groups in total. The fraction of sp³-hybridized carbons (Fsp3) is 0.562. The van der Waals surface area contributed by atoms with Gasteiger partial charge in [-0.1, -0.05) is 0 Å². The van der Waals surface area contributed by atoms with Crippen LogP contribution in [0.15, 0.2) is 18.3 Å². The standard InChI is InChI=1S/C16H20N2O5S/c19-14(18-16(15(20)21)3-7-24-8-4-16)11-1-5-17-13(9-11)23-12-2-6-22-10-12/h1,5,9,12H,2-4,6-8,10H2,(H,18,19)(H,20,21). The van der Waals surface area contributed by atoms with Crippen molar-refractivity contribution in [3.05, 3.63) is 23.9 Å². The van der Waals surface area contributed by atoms with Gasteiger partial charge < -0.3 is 19.9 Å². The Bertz CT molecular complexity index is 612. The molecule has 0 radical (unpaired) electrons. The third kappa shape index (κ3) is 3.81. The Balaban J connectivity index is 1.70. The maximum absolute atomic E-state index is 12.5. The predicted molar refractivity (Wildman–Crippen MR) is 88.5 cm³/mol. The van der Waals surface area contributed by atoms with Gasteiger partial charge in [0.25, 0.3) is 5.91 Å². The van der Waals surface area contributed by atoms with Crippen molar-refractivity contribution in [1.29, 1.82) is 0 Å². The van der Waals surface area contributed by atoms with E-state index in [0.717, 1.165) is 17.9 Å². The summed E-state index contributed by atoms with van der Waals surface area (Å²) in [6, 6.07) is 3.10. The summed E-state index contributed by atoms with van der Waals surface area (Å²) in [5, 5.41) is 12.3. The molecular weight excluding hydrogens is 332 g/mol. The number of carboxylic acid groups (broad SMARTS) is 1. The average Bonchev–Trinajstić information content (AvgIpc) is 3.09. The minimum absolute atomic E-state index is 0.0588. The van der Waals surface area contributed by atoms with E-state index in [-0.39, 0.29) is 6.10 Å². The Hall–Kier alpha value is -1.80. The average molecular weight is 352 g/mol. The van der Waals surface area contributed by atoms with Gasteiger partial charge in [0.15, 0.2) is 0 Å². The number of carbonyl (C=O) groups is 2. The van der Waals surface area contributed by atoms with Gasteiger partial charge in [0.05, 0.1) is 13.2 Å². The van der Waals surface area contributed by atoms with Gasteiger partial charge in [-0.15, -0.1) is 0 Å². The first-order valence-corrected chi connectivity index (χ1v) is 9.09. The Morgan fingerprint density at radius 3 is 2.88 bits per heavy atom. The van der Waals surface area contributed by atoms with E-state index in [4.69, 9.17) is 9.47 Å². The van der Waals surface area contributed by atoms with E-state index in [1.54, 1.807) is 23.9 Å². The third-order valence-electron chi connectivity index (χ3n) is 4.28. The fourth-order valence-electron chi connectivity index (χ4n) is 2.79. The van der Waals surface area contributed by atoms with Crippen LogP contribution in [0.5, 0.6) is 5.88 Å². The first-order chi connectivity index (χ1) is 11.6.